The number of aliphatic carboxylic acids is 1. The molecule has 2 N–H and O–H groups in total. The van der Waals surface area contributed by atoms with Crippen molar-refractivity contribution in [1.29, 1.82) is 0 Å². The van der Waals surface area contributed by atoms with Crippen LogP contribution >= 0.6 is 11.8 Å². The second-order valence-corrected chi connectivity index (χ2v) is 6.83. The van der Waals surface area contributed by atoms with E-state index in [9.17, 15) is 18.4 Å². The number of hydrogen-bond donors (Lipinski definition) is 2. The van der Waals surface area contributed by atoms with E-state index in [1.165, 1.54) is 24.8 Å². The molecule has 1 unspecified atom stereocenters. The maximum absolute atomic E-state index is 13.2. The van der Waals surface area contributed by atoms with Gasteiger partial charge in [-0.15, -0.1) is 0 Å². The molecule has 27 heavy (non-hydrogen) atoms. The highest BCUT2D eigenvalue weighted by molar-refractivity contribution is 7.98. The third-order valence-corrected chi connectivity index (χ3v) is 4.53. The first-order valence-electron chi connectivity index (χ1n) is 8.16. The van der Waals surface area contributed by atoms with Crippen LogP contribution in [0.25, 0.3) is 0 Å². The van der Waals surface area contributed by atoms with E-state index in [0.717, 1.165) is 17.7 Å². The van der Waals surface area contributed by atoms with E-state index in [0.29, 0.717) is 17.2 Å². The van der Waals surface area contributed by atoms with Crippen LogP contribution in [0.2, 0.25) is 0 Å². The zero-order valence-corrected chi connectivity index (χ0v) is 15.4. The van der Waals surface area contributed by atoms with Gasteiger partial charge in [0.1, 0.15) is 5.75 Å². The number of thioether (sulfide) groups is 1. The number of anilines is 1. The smallest absolute Gasteiger partial charge is 0.304 e. The molecule has 2 aromatic rings. The number of ether oxygens (including phenoxy) is 1. The summed E-state index contributed by atoms with van der Waals surface area (Å²) in [6.07, 6.45) is -0.816. The third kappa shape index (κ3) is 6.90. The molecule has 0 aliphatic rings. The van der Waals surface area contributed by atoms with E-state index in [1.807, 2.05) is 6.07 Å². The molecule has 0 radical (unpaired) electrons. The summed E-state index contributed by atoms with van der Waals surface area (Å²) < 4.78 is 31.5. The molecular formula is C19H19F2NO4S. The molecule has 0 bridgehead atoms. The molecule has 0 saturated carbocycles. The molecule has 0 aromatic heterocycles. The first-order chi connectivity index (χ1) is 12.8. The van der Waals surface area contributed by atoms with Crippen molar-refractivity contribution >= 4 is 29.3 Å². The summed E-state index contributed by atoms with van der Waals surface area (Å²) in [6.45, 7) is 1.50. The maximum Gasteiger partial charge on any atom is 0.304 e. The molecule has 1 atom stereocenters. The van der Waals surface area contributed by atoms with Crippen molar-refractivity contribution in [1.82, 2.24) is 0 Å². The fourth-order valence-electron chi connectivity index (χ4n) is 2.14. The molecule has 1 amide bonds. The van der Waals surface area contributed by atoms with Crippen LogP contribution in [-0.4, -0.2) is 28.8 Å². The summed E-state index contributed by atoms with van der Waals surface area (Å²) in [5.41, 5.74) is 1.51. The summed E-state index contributed by atoms with van der Waals surface area (Å²) >= 11 is 1.49. The minimum Gasteiger partial charge on any atom is -0.481 e. The number of amides is 1. The fourth-order valence-corrected chi connectivity index (χ4v) is 3.02. The van der Waals surface area contributed by atoms with Crippen molar-refractivity contribution < 1.29 is 28.2 Å². The molecule has 5 nitrogen and oxygen atoms in total. The number of carbonyl (C=O) groups excluding carboxylic acids is 1. The van der Waals surface area contributed by atoms with Crippen molar-refractivity contribution in [3.63, 3.8) is 0 Å². The van der Waals surface area contributed by atoms with Crippen LogP contribution in [0.3, 0.4) is 0 Å². The Balaban J connectivity index is 1.89. The van der Waals surface area contributed by atoms with Crippen LogP contribution in [0, 0.1) is 11.6 Å². The molecule has 8 heteroatoms. The molecule has 144 valence electrons. The zero-order valence-electron chi connectivity index (χ0n) is 14.6. The normalized spacial score (nSPS) is 11.7. The van der Waals surface area contributed by atoms with Crippen molar-refractivity contribution in [2.75, 3.05) is 11.1 Å². The lowest BCUT2D eigenvalue weighted by atomic mass is 10.2. The Kier molecular flexibility index (Phi) is 7.60. The van der Waals surface area contributed by atoms with Gasteiger partial charge in [-0.05, 0) is 36.8 Å². The summed E-state index contributed by atoms with van der Waals surface area (Å²) in [4.78, 5) is 22.7. The number of nitrogens with one attached hydrogen (secondary N) is 1. The molecule has 2 rings (SSSR count). The predicted molar refractivity (Wildman–Crippen MR) is 99.9 cm³/mol. The molecule has 0 heterocycles. The number of halogens is 2. The Hall–Kier alpha value is -2.61. The highest BCUT2D eigenvalue weighted by Gasteiger charge is 2.16. The van der Waals surface area contributed by atoms with Crippen molar-refractivity contribution in [3.05, 3.63) is 59.7 Å². The highest BCUT2D eigenvalue weighted by Crippen LogP contribution is 2.19. The molecule has 0 aliphatic heterocycles. The highest BCUT2D eigenvalue weighted by atomic mass is 32.2. The third-order valence-electron chi connectivity index (χ3n) is 3.50. The van der Waals surface area contributed by atoms with E-state index in [-0.39, 0.29) is 12.2 Å². The summed E-state index contributed by atoms with van der Waals surface area (Å²) in [5, 5.41) is 11.3. The van der Waals surface area contributed by atoms with Gasteiger partial charge in [-0.1, -0.05) is 12.1 Å². The largest absolute Gasteiger partial charge is 0.481 e. The van der Waals surface area contributed by atoms with Crippen LogP contribution in [0.4, 0.5) is 14.5 Å². The molecule has 0 spiro atoms. The second kappa shape index (κ2) is 9.91. The Labute approximate surface area is 159 Å². The van der Waals surface area contributed by atoms with Crippen molar-refractivity contribution in [2.24, 2.45) is 0 Å². The van der Waals surface area contributed by atoms with Crippen LogP contribution in [-0.2, 0) is 15.3 Å². The van der Waals surface area contributed by atoms with Crippen LogP contribution in [0.5, 0.6) is 5.75 Å². The molecule has 0 saturated heterocycles. The number of carboxylic acids is 1. The van der Waals surface area contributed by atoms with Gasteiger partial charge in [0.2, 0.25) is 0 Å². The molecule has 0 fully saturated rings. The SMILES string of the molecule is CC(Oc1ccc(F)c(F)c1)C(=O)Nc1cccc(CSCCC(=O)O)c1. The van der Waals surface area contributed by atoms with Crippen molar-refractivity contribution in [2.45, 2.75) is 25.2 Å². The zero-order chi connectivity index (χ0) is 19.8. The van der Waals surface area contributed by atoms with Gasteiger partial charge in [-0.25, -0.2) is 8.78 Å². The summed E-state index contributed by atoms with van der Waals surface area (Å²) in [7, 11) is 0. The fraction of sp³-hybridized carbons (Fsp3) is 0.263. The lowest BCUT2D eigenvalue weighted by molar-refractivity contribution is -0.136. The summed E-state index contributed by atoms with van der Waals surface area (Å²) in [5.74, 6) is -2.12. The van der Waals surface area contributed by atoms with Gasteiger partial charge in [0, 0.05) is 23.3 Å². The number of carboxylic acid groups (broad SMARTS) is 1. The van der Waals surface area contributed by atoms with Gasteiger partial charge in [-0.2, -0.15) is 11.8 Å². The first-order valence-corrected chi connectivity index (χ1v) is 9.31. The number of benzene rings is 2. The van der Waals surface area contributed by atoms with E-state index >= 15 is 0 Å². The average molecular weight is 395 g/mol. The van der Waals surface area contributed by atoms with Gasteiger partial charge < -0.3 is 15.2 Å². The lowest BCUT2D eigenvalue weighted by Crippen LogP contribution is -2.30. The molecular weight excluding hydrogens is 376 g/mol. The van der Waals surface area contributed by atoms with Gasteiger partial charge in [0.05, 0.1) is 6.42 Å². The van der Waals surface area contributed by atoms with Gasteiger partial charge in [0.25, 0.3) is 5.91 Å². The Bertz CT molecular complexity index is 816. The number of rotatable bonds is 9. The van der Waals surface area contributed by atoms with Crippen LogP contribution in [0.1, 0.15) is 18.9 Å². The number of carbonyl (C=O) groups is 2. The second-order valence-electron chi connectivity index (χ2n) is 5.72. The minimum atomic E-state index is -1.05. The van der Waals surface area contributed by atoms with Crippen LogP contribution in [0.15, 0.2) is 42.5 Å². The molecule has 2 aromatic carbocycles. The number of hydrogen-bond acceptors (Lipinski definition) is 4. The van der Waals surface area contributed by atoms with Gasteiger partial charge in [-0.3, -0.25) is 9.59 Å². The maximum atomic E-state index is 13.2. The first kappa shape index (κ1) is 20.7. The Morgan fingerprint density at radius 2 is 1.96 bits per heavy atom. The Morgan fingerprint density at radius 3 is 2.67 bits per heavy atom. The summed E-state index contributed by atoms with van der Waals surface area (Å²) in [6, 6.07) is 10.2. The molecule has 0 aliphatic carbocycles. The monoisotopic (exact) mass is 395 g/mol. The Morgan fingerprint density at radius 1 is 1.19 bits per heavy atom. The standard InChI is InChI=1S/C19H19F2NO4S/c1-12(26-15-5-6-16(20)17(21)10-15)19(25)22-14-4-2-3-13(9-14)11-27-8-7-18(23)24/h2-6,9-10,12H,7-8,11H2,1H3,(H,22,25)(H,23,24). The minimum absolute atomic E-state index is 0.0557. The van der Waals surface area contributed by atoms with E-state index < -0.39 is 29.6 Å². The van der Waals surface area contributed by atoms with Gasteiger partial charge in [0.15, 0.2) is 17.7 Å². The topological polar surface area (TPSA) is 75.6 Å². The average Bonchev–Trinajstić information content (AvgIpc) is 2.62. The van der Waals surface area contributed by atoms with Crippen molar-refractivity contribution in [3.8, 4) is 5.75 Å². The van der Waals surface area contributed by atoms with Gasteiger partial charge >= 0.3 is 5.97 Å². The van der Waals surface area contributed by atoms with E-state index in [4.69, 9.17) is 9.84 Å². The van der Waals surface area contributed by atoms with Crippen LogP contribution < -0.4 is 10.1 Å². The quantitative estimate of drug-likeness (QED) is 0.626. The predicted octanol–water partition coefficient (Wildman–Crippen LogP) is 4.08. The van der Waals surface area contributed by atoms with E-state index in [2.05, 4.69) is 5.32 Å². The van der Waals surface area contributed by atoms with E-state index in [1.54, 1.807) is 18.2 Å². The lowest BCUT2D eigenvalue weighted by Gasteiger charge is -2.15.